The number of ketones is 2. The van der Waals surface area contributed by atoms with E-state index in [2.05, 4.69) is 0 Å². The van der Waals surface area contributed by atoms with E-state index in [9.17, 15) is 14.4 Å². The molecule has 1 aromatic rings. The molecule has 3 aliphatic rings. The molecule has 8 heteroatoms. The van der Waals surface area contributed by atoms with E-state index in [1.54, 1.807) is 24.3 Å². The number of rotatable bonds is 4. The van der Waals surface area contributed by atoms with E-state index in [1.807, 2.05) is 4.90 Å². The lowest BCUT2D eigenvalue weighted by molar-refractivity contribution is -0.182. The van der Waals surface area contributed by atoms with E-state index < -0.39 is 11.7 Å². The number of nitrogens with zero attached hydrogens (tertiary/aromatic N) is 2. The molecule has 1 amide bonds. The van der Waals surface area contributed by atoms with Gasteiger partial charge in [0.1, 0.15) is 18.0 Å². The SMILES string of the molecule is COCC(=O)N(C)C1=C(N2CCC3(CC2)OCCO3)C(=O)c2ccccc2C1=O. The molecule has 154 valence electrons. The molecule has 1 aliphatic carbocycles. The largest absolute Gasteiger partial charge is 0.375 e. The first-order chi connectivity index (χ1) is 14.0. The fraction of sp³-hybridized carbons (Fsp3) is 0.476. The predicted molar refractivity (Wildman–Crippen MR) is 102 cm³/mol. The van der Waals surface area contributed by atoms with Gasteiger partial charge in [-0.25, -0.2) is 0 Å². The number of likely N-dealkylation sites (tertiary alicyclic amines) is 1. The number of benzene rings is 1. The van der Waals surface area contributed by atoms with Crippen molar-refractivity contribution in [1.82, 2.24) is 9.80 Å². The molecule has 1 aromatic carbocycles. The van der Waals surface area contributed by atoms with Gasteiger partial charge in [-0.2, -0.15) is 0 Å². The lowest BCUT2D eigenvalue weighted by Gasteiger charge is -2.41. The molecule has 0 aromatic heterocycles. The summed E-state index contributed by atoms with van der Waals surface area (Å²) in [5.41, 5.74) is 1.02. The summed E-state index contributed by atoms with van der Waals surface area (Å²) < 4.78 is 16.5. The zero-order valence-corrected chi connectivity index (χ0v) is 16.6. The van der Waals surface area contributed by atoms with E-state index >= 15 is 0 Å². The smallest absolute Gasteiger partial charge is 0.252 e. The molecule has 0 N–H and O–H groups in total. The zero-order valence-electron chi connectivity index (χ0n) is 16.6. The molecule has 4 rings (SSSR count). The first-order valence-electron chi connectivity index (χ1n) is 9.68. The number of piperidine rings is 1. The van der Waals surface area contributed by atoms with Crippen molar-refractivity contribution in [3.05, 3.63) is 46.8 Å². The Hall–Kier alpha value is -2.55. The summed E-state index contributed by atoms with van der Waals surface area (Å²) in [6.45, 7) is 1.93. The Labute approximate surface area is 169 Å². The molecular formula is C21H24N2O6. The van der Waals surface area contributed by atoms with Crippen LogP contribution in [-0.2, 0) is 19.0 Å². The number of fused-ring (bicyclic) bond motifs is 1. The maximum Gasteiger partial charge on any atom is 0.252 e. The summed E-state index contributed by atoms with van der Waals surface area (Å²) in [5, 5.41) is 0. The lowest BCUT2D eigenvalue weighted by atomic mass is 9.88. The van der Waals surface area contributed by atoms with E-state index in [0.29, 0.717) is 50.3 Å². The topological polar surface area (TPSA) is 85.4 Å². The highest BCUT2D eigenvalue weighted by Gasteiger charge is 2.44. The highest BCUT2D eigenvalue weighted by Crippen LogP contribution is 2.36. The Morgan fingerprint density at radius 1 is 1.10 bits per heavy atom. The molecule has 1 spiro atoms. The van der Waals surface area contributed by atoms with Crippen molar-refractivity contribution in [2.45, 2.75) is 18.6 Å². The number of methoxy groups -OCH3 is 1. The standard InChI is InChI=1S/C21H24N2O6/c1-22(16(24)13-27-2)17-18(20(26)15-6-4-3-5-14(15)19(17)25)23-9-7-21(8-10-23)28-11-12-29-21/h3-6H,7-13H2,1-2H3. The molecule has 2 fully saturated rings. The van der Waals surface area contributed by atoms with Gasteiger partial charge in [-0.1, -0.05) is 24.3 Å². The maximum atomic E-state index is 13.4. The van der Waals surface area contributed by atoms with Gasteiger partial charge >= 0.3 is 0 Å². The number of hydrogen-bond donors (Lipinski definition) is 0. The fourth-order valence-electron chi connectivity index (χ4n) is 4.16. The Bertz CT molecular complexity index is 877. The minimum absolute atomic E-state index is 0.0972. The van der Waals surface area contributed by atoms with Gasteiger partial charge in [-0.05, 0) is 0 Å². The summed E-state index contributed by atoms with van der Waals surface area (Å²) in [7, 11) is 2.92. The minimum Gasteiger partial charge on any atom is -0.375 e. The van der Waals surface area contributed by atoms with Crippen molar-refractivity contribution in [2.24, 2.45) is 0 Å². The average molecular weight is 400 g/mol. The highest BCUT2D eigenvalue weighted by molar-refractivity contribution is 6.27. The van der Waals surface area contributed by atoms with E-state index in [4.69, 9.17) is 14.2 Å². The average Bonchev–Trinajstić information content (AvgIpc) is 3.19. The third kappa shape index (κ3) is 3.37. The molecule has 8 nitrogen and oxygen atoms in total. The van der Waals surface area contributed by atoms with Crippen LogP contribution < -0.4 is 0 Å². The lowest BCUT2D eigenvalue weighted by Crippen LogP contribution is -2.48. The van der Waals surface area contributed by atoms with Gasteiger partial charge in [-0.15, -0.1) is 0 Å². The van der Waals surface area contributed by atoms with Crippen LogP contribution in [0, 0.1) is 0 Å². The number of amides is 1. The molecule has 29 heavy (non-hydrogen) atoms. The van der Waals surface area contributed by atoms with Crippen LogP contribution in [0.2, 0.25) is 0 Å². The second-order valence-corrected chi connectivity index (χ2v) is 7.38. The summed E-state index contributed by atoms with van der Waals surface area (Å²) in [5.74, 6) is -1.59. The van der Waals surface area contributed by atoms with Crippen molar-refractivity contribution < 1.29 is 28.6 Å². The normalized spacial score (nSPS) is 21.0. The van der Waals surface area contributed by atoms with E-state index in [0.717, 1.165) is 0 Å². The van der Waals surface area contributed by atoms with Crippen LogP contribution in [0.4, 0.5) is 0 Å². The van der Waals surface area contributed by atoms with Crippen LogP contribution in [0.1, 0.15) is 33.6 Å². The Morgan fingerprint density at radius 3 is 2.28 bits per heavy atom. The molecule has 0 bridgehead atoms. The number of likely N-dealkylation sites (N-methyl/N-ethyl adjacent to an activating group) is 1. The minimum atomic E-state index is -0.603. The second-order valence-electron chi connectivity index (χ2n) is 7.38. The molecule has 2 aliphatic heterocycles. The molecule has 2 saturated heterocycles. The van der Waals surface area contributed by atoms with Crippen molar-refractivity contribution >= 4 is 17.5 Å². The monoisotopic (exact) mass is 400 g/mol. The summed E-state index contributed by atoms with van der Waals surface area (Å²) in [6, 6.07) is 6.71. The summed E-state index contributed by atoms with van der Waals surface area (Å²) in [4.78, 5) is 42.3. The molecule has 0 unspecified atom stereocenters. The zero-order chi connectivity index (χ0) is 20.6. The predicted octanol–water partition coefficient (Wildman–Crippen LogP) is 1.22. The van der Waals surface area contributed by atoms with Crippen LogP contribution in [0.15, 0.2) is 35.7 Å². The summed E-state index contributed by atoms with van der Waals surface area (Å²) in [6.07, 6.45) is 1.17. The van der Waals surface area contributed by atoms with Crippen LogP contribution in [0.3, 0.4) is 0 Å². The Kier molecular flexibility index (Phi) is 5.24. The third-order valence-corrected chi connectivity index (χ3v) is 5.70. The number of allylic oxidation sites excluding steroid dienone is 2. The van der Waals surface area contributed by atoms with Gasteiger partial charge in [0, 0.05) is 51.2 Å². The second kappa shape index (κ2) is 7.70. The van der Waals surface area contributed by atoms with Gasteiger partial charge < -0.3 is 24.0 Å². The van der Waals surface area contributed by atoms with Crippen LogP contribution in [-0.4, -0.2) is 80.1 Å². The first-order valence-corrected chi connectivity index (χ1v) is 9.68. The number of carbonyl (C=O) groups excluding carboxylic acids is 3. The van der Waals surface area contributed by atoms with Gasteiger partial charge in [0.05, 0.1) is 13.2 Å². The molecular weight excluding hydrogens is 376 g/mol. The van der Waals surface area contributed by atoms with Crippen molar-refractivity contribution in [2.75, 3.05) is 47.1 Å². The molecule has 0 saturated carbocycles. The summed E-state index contributed by atoms with van der Waals surface area (Å²) >= 11 is 0. The quantitative estimate of drug-likeness (QED) is 0.751. The van der Waals surface area contributed by atoms with Crippen molar-refractivity contribution in [1.29, 1.82) is 0 Å². The maximum absolute atomic E-state index is 13.4. The molecule has 0 atom stereocenters. The Morgan fingerprint density at radius 2 is 1.69 bits per heavy atom. The van der Waals surface area contributed by atoms with Gasteiger partial charge in [-0.3, -0.25) is 14.4 Å². The van der Waals surface area contributed by atoms with Gasteiger partial charge in [0.2, 0.25) is 11.6 Å². The van der Waals surface area contributed by atoms with Crippen LogP contribution in [0.25, 0.3) is 0 Å². The van der Waals surface area contributed by atoms with Crippen LogP contribution >= 0.6 is 0 Å². The molecule has 2 heterocycles. The number of Topliss-reactive ketones (excluding diaryl/α,β-unsaturated/α-hetero) is 2. The fourth-order valence-corrected chi connectivity index (χ4v) is 4.16. The van der Waals surface area contributed by atoms with Crippen molar-refractivity contribution in [3.63, 3.8) is 0 Å². The van der Waals surface area contributed by atoms with Gasteiger partial charge in [0.15, 0.2) is 5.79 Å². The Balaban J connectivity index is 1.73. The van der Waals surface area contributed by atoms with E-state index in [1.165, 1.54) is 19.1 Å². The van der Waals surface area contributed by atoms with E-state index in [-0.39, 0.29) is 29.6 Å². The third-order valence-electron chi connectivity index (χ3n) is 5.70. The number of carbonyl (C=O) groups is 3. The van der Waals surface area contributed by atoms with Gasteiger partial charge in [0.25, 0.3) is 5.91 Å². The first kappa shape index (κ1) is 19.8. The number of hydrogen-bond acceptors (Lipinski definition) is 7. The van der Waals surface area contributed by atoms with Crippen LogP contribution in [0.5, 0.6) is 0 Å². The number of ether oxygens (including phenoxy) is 3. The molecule has 0 radical (unpaired) electrons. The highest BCUT2D eigenvalue weighted by atomic mass is 16.7. The van der Waals surface area contributed by atoms with Crippen molar-refractivity contribution in [3.8, 4) is 0 Å².